The van der Waals surface area contributed by atoms with Gasteiger partial charge < -0.3 is 19.3 Å². The van der Waals surface area contributed by atoms with E-state index in [0.29, 0.717) is 50.7 Å². The molecule has 1 heterocycles. The SMILES string of the molecule is CCOc1ccc(/C=C/C(=O)N2CCN(C(=O)CCCc3ccccc3)CC2)cc1OC. The molecule has 170 valence electrons. The van der Waals surface area contributed by atoms with E-state index in [1.807, 2.05) is 48.2 Å². The van der Waals surface area contributed by atoms with Crippen LogP contribution in [0.2, 0.25) is 0 Å². The van der Waals surface area contributed by atoms with Crippen LogP contribution < -0.4 is 9.47 Å². The lowest BCUT2D eigenvalue weighted by molar-refractivity contribution is -0.137. The van der Waals surface area contributed by atoms with Crippen LogP contribution in [0.25, 0.3) is 6.08 Å². The highest BCUT2D eigenvalue weighted by atomic mass is 16.5. The zero-order valence-corrected chi connectivity index (χ0v) is 19.0. The van der Waals surface area contributed by atoms with Gasteiger partial charge in [0, 0.05) is 38.7 Å². The van der Waals surface area contributed by atoms with Crippen molar-refractivity contribution >= 4 is 17.9 Å². The molecule has 6 heteroatoms. The summed E-state index contributed by atoms with van der Waals surface area (Å²) in [6, 6.07) is 15.8. The first-order valence-electron chi connectivity index (χ1n) is 11.2. The van der Waals surface area contributed by atoms with Gasteiger partial charge in [0.25, 0.3) is 0 Å². The van der Waals surface area contributed by atoms with Crippen LogP contribution in [0.5, 0.6) is 11.5 Å². The van der Waals surface area contributed by atoms with Crippen molar-refractivity contribution in [3.05, 3.63) is 65.7 Å². The lowest BCUT2D eigenvalue weighted by Gasteiger charge is -2.34. The van der Waals surface area contributed by atoms with Gasteiger partial charge in [-0.15, -0.1) is 0 Å². The number of hydrogen-bond donors (Lipinski definition) is 0. The first kappa shape index (κ1) is 23.4. The van der Waals surface area contributed by atoms with Gasteiger partial charge in [-0.25, -0.2) is 0 Å². The zero-order valence-electron chi connectivity index (χ0n) is 19.0. The number of benzene rings is 2. The molecule has 3 rings (SSSR count). The number of piperazine rings is 1. The van der Waals surface area contributed by atoms with Crippen molar-refractivity contribution in [2.75, 3.05) is 39.9 Å². The minimum Gasteiger partial charge on any atom is -0.493 e. The number of carbonyl (C=O) groups excluding carboxylic acids is 2. The van der Waals surface area contributed by atoms with E-state index >= 15 is 0 Å². The molecule has 32 heavy (non-hydrogen) atoms. The van der Waals surface area contributed by atoms with Gasteiger partial charge in [0.2, 0.25) is 11.8 Å². The van der Waals surface area contributed by atoms with E-state index in [9.17, 15) is 9.59 Å². The summed E-state index contributed by atoms with van der Waals surface area (Å²) >= 11 is 0. The molecule has 6 nitrogen and oxygen atoms in total. The Morgan fingerprint density at radius 3 is 2.38 bits per heavy atom. The summed E-state index contributed by atoms with van der Waals surface area (Å²) in [7, 11) is 1.60. The van der Waals surface area contributed by atoms with Crippen molar-refractivity contribution < 1.29 is 19.1 Å². The number of rotatable bonds is 9. The third-order valence-corrected chi connectivity index (χ3v) is 5.55. The zero-order chi connectivity index (χ0) is 22.8. The first-order valence-corrected chi connectivity index (χ1v) is 11.2. The molecule has 2 aromatic rings. The molecular formula is C26H32N2O4. The van der Waals surface area contributed by atoms with E-state index in [2.05, 4.69) is 12.1 Å². The highest BCUT2D eigenvalue weighted by Gasteiger charge is 2.22. The van der Waals surface area contributed by atoms with Crippen molar-refractivity contribution in [1.82, 2.24) is 9.80 Å². The van der Waals surface area contributed by atoms with Crippen molar-refractivity contribution in [2.24, 2.45) is 0 Å². The molecule has 1 aliphatic rings. The lowest BCUT2D eigenvalue weighted by atomic mass is 10.1. The topological polar surface area (TPSA) is 59.1 Å². The molecule has 1 aliphatic heterocycles. The number of carbonyl (C=O) groups is 2. The van der Waals surface area contributed by atoms with Crippen LogP contribution in [0.4, 0.5) is 0 Å². The number of amides is 2. The van der Waals surface area contributed by atoms with Gasteiger partial charge in [-0.1, -0.05) is 36.4 Å². The van der Waals surface area contributed by atoms with E-state index < -0.39 is 0 Å². The fourth-order valence-electron chi connectivity index (χ4n) is 3.76. The molecule has 0 N–H and O–H groups in total. The monoisotopic (exact) mass is 436 g/mol. The highest BCUT2D eigenvalue weighted by Crippen LogP contribution is 2.28. The van der Waals surface area contributed by atoms with Crippen LogP contribution in [0, 0.1) is 0 Å². The maximum atomic E-state index is 12.6. The average Bonchev–Trinajstić information content (AvgIpc) is 2.84. The summed E-state index contributed by atoms with van der Waals surface area (Å²) in [5, 5.41) is 0. The predicted octanol–water partition coefficient (Wildman–Crippen LogP) is 3.80. The second-order valence-corrected chi connectivity index (χ2v) is 7.72. The molecule has 2 aromatic carbocycles. The second kappa shape index (κ2) is 11.9. The fraction of sp³-hybridized carbons (Fsp3) is 0.385. The van der Waals surface area contributed by atoms with Gasteiger partial charge >= 0.3 is 0 Å². The molecule has 0 radical (unpaired) electrons. The summed E-state index contributed by atoms with van der Waals surface area (Å²) < 4.78 is 10.9. The van der Waals surface area contributed by atoms with Gasteiger partial charge in [0.15, 0.2) is 11.5 Å². The van der Waals surface area contributed by atoms with E-state index in [1.165, 1.54) is 5.56 Å². The number of ether oxygens (including phenoxy) is 2. The summed E-state index contributed by atoms with van der Waals surface area (Å²) in [4.78, 5) is 28.7. The van der Waals surface area contributed by atoms with Gasteiger partial charge in [0.05, 0.1) is 13.7 Å². The minimum absolute atomic E-state index is 0.0472. The summed E-state index contributed by atoms with van der Waals surface area (Å²) in [6.07, 6.45) is 5.65. The Hall–Kier alpha value is -3.28. The van der Waals surface area contributed by atoms with Crippen LogP contribution in [-0.2, 0) is 16.0 Å². The second-order valence-electron chi connectivity index (χ2n) is 7.72. The van der Waals surface area contributed by atoms with Crippen LogP contribution >= 0.6 is 0 Å². The molecule has 1 saturated heterocycles. The van der Waals surface area contributed by atoms with E-state index in [-0.39, 0.29) is 11.8 Å². The largest absolute Gasteiger partial charge is 0.493 e. The first-order chi connectivity index (χ1) is 15.6. The van der Waals surface area contributed by atoms with Gasteiger partial charge in [-0.05, 0) is 49.1 Å². The number of nitrogens with zero attached hydrogens (tertiary/aromatic N) is 2. The Labute approximate surface area is 190 Å². The summed E-state index contributed by atoms with van der Waals surface area (Å²) in [5.41, 5.74) is 2.12. The quantitative estimate of drug-likeness (QED) is 0.561. The van der Waals surface area contributed by atoms with Crippen molar-refractivity contribution in [2.45, 2.75) is 26.2 Å². The highest BCUT2D eigenvalue weighted by molar-refractivity contribution is 5.92. The molecule has 0 spiro atoms. The van der Waals surface area contributed by atoms with Crippen molar-refractivity contribution in [3.8, 4) is 11.5 Å². The van der Waals surface area contributed by atoms with E-state index in [0.717, 1.165) is 18.4 Å². The van der Waals surface area contributed by atoms with E-state index in [4.69, 9.17) is 9.47 Å². The predicted molar refractivity (Wildman–Crippen MR) is 126 cm³/mol. The Bertz CT molecular complexity index is 919. The summed E-state index contributed by atoms with van der Waals surface area (Å²) in [6.45, 7) is 4.76. The summed E-state index contributed by atoms with van der Waals surface area (Å²) in [5.74, 6) is 1.45. The molecule has 1 fully saturated rings. The Morgan fingerprint density at radius 1 is 0.969 bits per heavy atom. The lowest BCUT2D eigenvalue weighted by Crippen LogP contribution is -2.50. The molecule has 0 unspecified atom stereocenters. The normalized spacial score (nSPS) is 13.9. The molecule has 0 aromatic heterocycles. The third-order valence-electron chi connectivity index (χ3n) is 5.55. The smallest absolute Gasteiger partial charge is 0.246 e. The van der Waals surface area contributed by atoms with Crippen LogP contribution in [0.15, 0.2) is 54.6 Å². The number of methoxy groups -OCH3 is 1. The maximum Gasteiger partial charge on any atom is 0.246 e. The molecule has 0 aliphatic carbocycles. The average molecular weight is 437 g/mol. The van der Waals surface area contributed by atoms with Gasteiger partial charge in [-0.3, -0.25) is 9.59 Å². The Morgan fingerprint density at radius 2 is 1.69 bits per heavy atom. The molecule has 2 amide bonds. The Balaban J connectivity index is 1.44. The van der Waals surface area contributed by atoms with Gasteiger partial charge in [-0.2, -0.15) is 0 Å². The Kier molecular flexibility index (Phi) is 8.72. The van der Waals surface area contributed by atoms with E-state index in [1.54, 1.807) is 24.2 Å². The molecular weight excluding hydrogens is 404 g/mol. The van der Waals surface area contributed by atoms with Crippen molar-refractivity contribution in [1.29, 1.82) is 0 Å². The number of hydrogen-bond acceptors (Lipinski definition) is 4. The third kappa shape index (κ3) is 6.61. The number of aryl methyl sites for hydroxylation is 1. The van der Waals surface area contributed by atoms with Crippen LogP contribution in [-0.4, -0.2) is 61.5 Å². The molecule has 0 bridgehead atoms. The van der Waals surface area contributed by atoms with Gasteiger partial charge in [0.1, 0.15) is 0 Å². The van der Waals surface area contributed by atoms with Crippen LogP contribution in [0.3, 0.4) is 0 Å². The standard InChI is InChI=1S/C26H32N2O4/c1-3-32-23-14-12-22(20-24(23)31-2)13-15-26(30)28-18-16-27(17-19-28)25(29)11-7-10-21-8-5-4-6-9-21/h4-6,8-9,12-15,20H,3,7,10-11,16-19H2,1-2H3/b15-13+. The molecule has 0 atom stereocenters. The maximum absolute atomic E-state index is 12.6. The minimum atomic E-state index is -0.0472. The molecule has 0 saturated carbocycles. The van der Waals surface area contributed by atoms with Crippen molar-refractivity contribution in [3.63, 3.8) is 0 Å². The fourth-order valence-corrected chi connectivity index (χ4v) is 3.76. The van der Waals surface area contributed by atoms with Crippen LogP contribution in [0.1, 0.15) is 30.9 Å².